The van der Waals surface area contributed by atoms with Gasteiger partial charge in [0.1, 0.15) is 29.7 Å². The van der Waals surface area contributed by atoms with Crippen LogP contribution in [-0.2, 0) is 22.2 Å². The zero-order valence-electron chi connectivity index (χ0n) is 23.3. The zero-order chi connectivity index (χ0) is 31.3. The lowest BCUT2D eigenvalue weighted by Crippen LogP contribution is -2.33. The lowest BCUT2D eigenvalue weighted by atomic mass is 9.90. The molecule has 0 bridgehead atoms. The summed E-state index contributed by atoms with van der Waals surface area (Å²) < 4.78 is 60.2. The monoisotopic (exact) mass is 646 g/mol. The second-order valence-electron chi connectivity index (χ2n) is 10.5. The Labute approximate surface area is 255 Å². The van der Waals surface area contributed by atoms with Gasteiger partial charge in [-0.3, -0.25) is 14.3 Å². The number of fused-ring (bicyclic) bond motifs is 1. The number of hydrogen-bond donors (Lipinski definition) is 3. The minimum absolute atomic E-state index is 0.0623. The molecule has 2 amide bonds. The normalized spacial score (nSPS) is 13.8. The first-order valence-corrected chi connectivity index (χ1v) is 15.8. The molecule has 0 radical (unpaired) electrons. The summed E-state index contributed by atoms with van der Waals surface area (Å²) in [5, 5.41) is 5.72. The van der Waals surface area contributed by atoms with Crippen molar-refractivity contribution >= 4 is 56.2 Å². The number of pyridine rings is 1. The molecule has 0 fully saturated rings. The number of aryl methyl sites for hydroxylation is 1. The molecule has 9 nitrogen and oxygen atoms in total. The molecule has 1 aliphatic heterocycles. The summed E-state index contributed by atoms with van der Waals surface area (Å²) in [6.07, 6.45) is 2.01. The molecular formula is C29H25ClF2N4O5S2. The third kappa shape index (κ3) is 6.63. The molecule has 2 aromatic heterocycles. The number of anilines is 2. The molecule has 3 heterocycles. The Hall–Kier alpha value is -4.07. The van der Waals surface area contributed by atoms with E-state index in [1.807, 2.05) is 0 Å². The fraction of sp³-hybridized carbons (Fsp3) is 0.207. The summed E-state index contributed by atoms with van der Waals surface area (Å²) in [6, 6.07) is 9.47. The van der Waals surface area contributed by atoms with Gasteiger partial charge in [0.15, 0.2) is 0 Å². The van der Waals surface area contributed by atoms with Crippen molar-refractivity contribution in [2.45, 2.75) is 32.9 Å². The summed E-state index contributed by atoms with van der Waals surface area (Å²) in [6.45, 7) is 5.17. The predicted octanol–water partition coefficient (Wildman–Crippen LogP) is 6.23. The molecule has 0 aliphatic carbocycles. The van der Waals surface area contributed by atoms with Crippen LogP contribution in [0.25, 0.3) is 11.3 Å². The number of carbonyl (C=O) groups excluding carboxylic acids is 2. The summed E-state index contributed by atoms with van der Waals surface area (Å²) in [5.74, 6) is -2.09. The van der Waals surface area contributed by atoms with E-state index in [0.29, 0.717) is 21.6 Å². The van der Waals surface area contributed by atoms with Crippen LogP contribution in [0.1, 0.15) is 49.9 Å². The number of sulfonamides is 1. The van der Waals surface area contributed by atoms with Crippen LogP contribution >= 0.6 is 22.9 Å². The number of nitrogens with zero attached hydrogens (tertiary/aromatic N) is 1. The number of rotatable bonds is 8. The van der Waals surface area contributed by atoms with E-state index in [0.717, 1.165) is 29.9 Å². The van der Waals surface area contributed by atoms with Gasteiger partial charge in [-0.05, 0) is 68.3 Å². The number of thiophene rings is 1. The topological polar surface area (TPSA) is 126 Å². The van der Waals surface area contributed by atoms with Gasteiger partial charge in [0.05, 0.1) is 28.6 Å². The summed E-state index contributed by atoms with van der Waals surface area (Å²) in [4.78, 5) is 30.7. The number of halogens is 3. The molecule has 0 unspecified atom stereocenters. The van der Waals surface area contributed by atoms with Crippen LogP contribution in [0.3, 0.4) is 0 Å². The van der Waals surface area contributed by atoms with E-state index in [2.05, 4.69) is 20.3 Å². The van der Waals surface area contributed by atoms with Crippen molar-refractivity contribution in [3.63, 3.8) is 0 Å². The van der Waals surface area contributed by atoms with Crippen molar-refractivity contribution in [2.75, 3.05) is 16.3 Å². The second kappa shape index (κ2) is 11.2. The maximum absolute atomic E-state index is 14.4. The van der Waals surface area contributed by atoms with E-state index in [1.165, 1.54) is 30.3 Å². The molecule has 3 N–H and O–H groups in total. The average Bonchev–Trinajstić information content (AvgIpc) is 3.37. The van der Waals surface area contributed by atoms with Crippen LogP contribution in [0.5, 0.6) is 5.75 Å². The number of benzene rings is 2. The predicted molar refractivity (Wildman–Crippen MR) is 161 cm³/mol. The van der Waals surface area contributed by atoms with E-state index < -0.39 is 39.0 Å². The molecule has 0 saturated carbocycles. The lowest BCUT2D eigenvalue weighted by Gasteiger charge is -2.22. The highest BCUT2D eigenvalue weighted by Gasteiger charge is 2.38. The largest absolute Gasteiger partial charge is 0.486 e. The van der Waals surface area contributed by atoms with E-state index in [9.17, 15) is 26.8 Å². The van der Waals surface area contributed by atoms with Crippen molar-refractivity contribution in [3.05, 3.63) is 91.8 Å². The average molecular weight is 647 g/mol. The van der Waals surface area contributed by atoms with Gasteiger partial charge in [-0.1, -0.05) is 11.6 Å². The Morgan fingerprint density at radius 1 is 1.07 bits per heavy atom. The first-order chi connectivity index (χ1) is 20.1. The third-order valence-electron chi connectivity index (χ3n) is 6.54. The van der Waals surface area contributed by atoms with Crippen molar-refractivity contribution < 1.29 is 31.5 Å². The highest BCUT2D eigenvalue weighted by molar-refractivity contribution is 7.92. The Bertz CT molecular complexity index is 1910. The second-order valence-corrected chi connectivity index (χ2v) is 13.9. The maximum atomic E-state index is 14.4. The van der Waals surface area contributed by atoms with Crippen molar-refractivity contribution in [3.8, 4) is 17.0 Å². The van der Waals surface area contributed by atoms with E-state index >= 15 is 0 Å². The Morgan fingerprint density at radius 2 is 1.79 bits per heavy atom. The highest BCUT2D eigenvalue weighted by atomic mass is 35.5. The molecule has 0 spiro atoms. The lowest BCUT2D eigenvalue weighted by molar-refractivity contribution is 0.0939. The maximum Gasteiger partial charge on any atom is 0.265 e. The van der Waals surface area contributed by atoms with Crippen molar-refractivity contribution in [2.24, 2.45) is 0 Å². The van der Waals surface area contributed by atoms with Crippen LogP contribution in [0, 0.1) is 18.6 Å². The molecule has 0 saturated heterocycles. The summed E-state index contributed by atoms with van der Waals surface area (Å²) in [7, 11) is -3.57. The van der Waals surface area contributed by atoms with Crippen molar-refractivity contribution in [1.29, 1.82) is 0 Å². The van der Waals surface area contributed by atoms with Gasteiger partial charge in [0, 0.05) is 32.8 Å². The van der Waals surface area contributed by atoms with Crippen LogP contribution in [0.15, 0.2) is 48.7 Å². The fourth-order valence-electron chi connectivity index (χ4n) is 4.95. The Balaban J connectivity index is 1.42. The van der Waals surface area contributed by atoms with Gasteiger partial charge >= 0.3 is 0 Å². The first-order valence-electron chi connectivity index (χ1n) is 12.7. The molecule has 43 heavy (non-hydrogen) atoms. The van der Waals surface area contributed by atoms with Crippen LogP contribution < -0.4 is 20.1 Å². The van der Waals surface area contributed by atoms with Crippen molar-refractivity contribution in [1.82, 2.24) is 10.3 Å². The van der Waals surface area contributed by atoms with Gasteiger partial charge in [-0.15, -0.1) is 11.3 Å². The van der Waals surface area contributed by atoms with Gasteiger partial charge in [-0.25, -0.2) is 22.2 Å². The number of ether oxygens (including phenoxy) is 1. The third-order valence-corrected chi connectivity index (χ3v) is 8.41. The molecule has 5 rings (SSSR count). The van der Waals surface area contributed by atoms with Crippen LogP contribution in [-0.4, -0.2) is 31.5 Å². The molecule has 0 atom stereocenters. The standard InChI is InChI=1S/C29H25ClF2N4O5S2/c1-14-21(11-24(42-14)28(38)34-19-6-16(30)7-20(10-19)36-43(4,39)40)26-23(9-18(32)12-33-26)41-13-15-5-17(31)8-22-25(15)29(2,3)35-27(22)37/h5-12,36H,13H2,1-4H3,(H,34,38)(H,35,37). The van der Waals surface area contributed by atoms with Gasteiger partial charge < -0.3 is 15.4 Å². The quantitative estimate of drug-likeness (QED) is 0.208. The molecule has 224 valence electrons. The SMILES string of the molecule is Cc1sc(C(=O)Nc2cc(Cl)cc(NS(C)(=O)=O)c2)cc1-c1ncc(F)cc1OCc1cc(F)cc2c1C(C)(C)NC2=O. The van der Waals surface area contributed by atoms with Crippen LogP contribution in [0.2, 0.25) is 5.02 Å². The number of aromatic nitrogens is 1. The molecule has 14 heteroatoms. The number of carbonyl (C=O) groups is 2. The minimum Gasteiger partial charge on any atom is -0.486 e. The molecule has 1 aliphatic rings. The molecule has 2 aromatic carbocycles. The Morgan fingerprint density at radius 3 is 2.51 bits per heavy atom. The van der Waals surface area contributed by atoms with Gasteiger partial charge in [0.2, 0.25) is 10.0 Å². The Kier molecular flexibility index (Phi) is 7.92. The number of hydrogen-bond acceptors (Lipinski definition) is 7. The number of nitrogens with one attached hydrogen (secondary N) is 3. The smallest absolute Gasteiger partial charge is 0.265 e. The fourth-order valence-corrected chi connectivity index (χ4v) is 6.65. The summed E-state index contributed by atoms with van der Waals surface area (Å²) in [5.41, 5.74) is 1.67. The number of amides is 2. The highest BCUT2D eigenvalue weighted by Crippen LogP contribution is 2.38. The van der Waals surface area contributed by atoms with E-state index in [4.69, 9.17) is 16.3 Å². The zero-order valence-corrected chi connectivity index (χ0v) is 25.7. The summed E-state index contributed by atoms with van der Waals surface area (Å²) >= 11 is 7.27. The van der Waals surface area contributed by atoms with Gasteiger partial charge in [0.25, 0.3) is 11.8 Å². The molecule has 4 aromatic rings. The van der Waals surface area contributed by atoms with Gasteiger partial charge in [-0.2, -0.15) is 0 Å². The van der Waals surface area contributed by atoms with Crippen LogP contribution in [0.4, 0.5) is 20.2 Å². The van der Waals surface area contributed by atoms with E-state index in [-0.39, 0.29) is 44.9 Å². The first kappa shape index (κ1) is 30.4. The van der Waals surface area contributed by atoms with E-state index in [1.54, 1.807) is 26.8 Å². The minimum atomic E-state index is -3.57. The molecular weight excluding hydrogens is 622 g/mol.